The first-order valence-electron chi connectivity index (χ1n) is 5.71. The second-order valence-corrected chi connectivity index (χ2v) is 6.18. The fraction of sp³-hybridized carbons (Fsp3) is 0.500. The second-order valence-electron chi connectivity index (χ2n) is 4.41. The van der Waals surface area contributed by atoms with E-state index < -0.39 is 10.0 Å². The maximum Gasteiger partial charge on any atom is 0.240 e. The molecule has 2 N–H and O–H groups in total. The van der Waals surface area contributed by atoms with Crippen LogP contribution in [0, 0.1) is 19.7 Å². The van der Waals surface area contributed by atoms with Crippen LogP contribution in [0.1, 0.15) is 18.1 Å². The van der Waals surface area contributed by atoms with Crippen LogP contribution in [0.2, 0.25) is 0 Å². The first kappa shape index (κ1) is 15.1. The molecule has 1 rings (SSSR count). The van der Waals surface area contributed by atoms with Crippen LogP contribution in [0.25, 0.3) is 0 Å². The van der Waals surface area contributed by atoms with Crippen molar-refractivity contribution in [3.05, 3.63) is 29.1 Å². The summed E-state index contributed by atoms with van der Waals surface area (Å²) in [7, 11) is -1.83. The normalized spacial score (nSPS) is 13.6. The van der Waals surface area contributed by atoms with E-state index in [9.17, 15) is 12.8 Å². The smallest absolute Gasteiger partial charge is 0.240 e. The van der Waals surface area contributed by atoms with Gasteiger partial charge in [-0.1, -0.05) is 0 Å². The standard InChI is InChI=1S/C12H19FN2O2S/c1-8-5-11(6-9(2)12(8)13)18(16,17)15-7-10(3)14-4/h5-6,10,14-15H,7H2,1-4H3. The molecule has 0 spiro atoms. The molecule has 1 aromatic carbocycles. The first-order valence-corrected chi connectivity index (χ1v) is 7.20. The largest absolute Gasteiger partial charge is 0.316 e. The molecule has 0 heterocycles. The number of nitrogens with one attached hydrogen (secondary N) is 2. The molecule has 4 nitrogen and oxygen atoms in total. The first-order chi connectivity index (χ1) is 8.27. The summed E-state index contributed by atoms with van der Waals surface area (Å²) in [6, 6.07) is 2.71. The van der Waals surface area contributed by atoms with Crippen LogP contribution in [-0.4, -0.2) is 28.1 Å². The molecule has 1 atom stereocenters. The highest BCUT2D eigenvalue weighted by molar-refractivity contribution is 7.89. The van der Waals surface area contributed by atoms with Gasteiger partial charge >= 0.3 is 0 Å². The van der Waals surface area contributed by atoms with Gasteiger partial charge in [-0.05, 0) is 51.1 Å². The van der Waals surface area contributed by atoms with E-state index in [2.05, 4.69) is 10.0 Å². The molecule has 0 radical (unpaired) electrons. The third-order valence-electron chi connectivity index (χ3n) is 2.79. The van der Waals surface area contributed by atoms with Crippen LogP contribution >= 0.6 is 0 Å². The van der Waals surface area contributed by atoms with Gasteiger partial charge in [-0.2, -0.15) is 0 Å². The summed E-state index contributed by atoms with van der Waals surface area (Å²) in [4.78, 5) is 0.0993. The number of benzene rings is 1. The maximum absolute atomic E-state index is 13.4. The second kappa shape index (κ2) is 5.77. The molecule has 6 heteroatoms. The lowest BCUT2D eigenvalue weighted by Gasteiger charge is -2.13. The van der Waals surface area contributed by atoms with Crippen molar-refractivity contribution in [2.45, 2.75) is 31.7 Å². The zero-order valence-electron chi connectivity index (χ0n) is 11.0. The average molecular weight is 274 g/mol. The zero-order chi connectivity index (χ0) is 13.9. The average Bonchev–Trinajstić information content (AvgIpc) is 2.32. The molecule has 0 saturated heterocycles. The van der Waals surface area contributed by atoms with Gasteiger partial charge in [-0.25, -0.2) is 17.5 Å². The van der Waals surface area contributed by atoms with Gasteiger partial charge in [0.15, 0.2) is 0 Å². The van der Waals surface area contributed by atoms with Gasteiger partial charge < -0.3 is 5.32 Å². The van der Waals surface area contributed by atoms with Crippen LogP contribution in [-0.2, 0) is 10.0 Å². The van der Waals surface area contributed by atoms with Gasteiger partial charge in [0, 0.05) is 12.6 Å². The van der Waals surface area contributed by atoms with Crippen molar-refractivity contribution in [2.24, 2.45) is 0 Å². The Labute approximate surface area is 108 Å². The highest BCUT2D eigenvalue weighted by atomic mass is 32.2. The Balaban J connectivity index is 2.99. The van der Waals surface area contributed by atoms with E-state index in [1.165, 1.54) is 12.1 Å². The van der Waals surface area contributed by atoms with Gasteiger partial charge in [-0.3, -0.25) is 0 Å². The van der Waals surface area contributed by atoms with E-state index in [1.54, 1.807) is 20.9 Å². The van der Waals surface area contributed by atoms with Crippen molar-refractivity contribution in [1.82, 2.24) is 10.0 Å². The van der Waals surface area contributed by atoms with Crippen molar-refractivity contribution in [2.75, 3.05) is 13.6 Å². The maximum atomic E-state index is 13.4. The molecule has 0 aliphatic carbocycles. The lowest BCUT2D eigenvalue weighted by atomic mass is 10.1. The van der Waals surface area contributed by atoms with Crippen molar-refractivity contribution in [3.8, 4) is 0 Å². The number of halogens is 1. The van der Waals surface area contributed by atoms with Crippen LogP contribution in [0.15, 0.2) is 17.0 Å². The summed E-state index contributed by atoms with van der Waals surface area (Å²) in [6.07, 6.45) is 0. The van der Waals surface area contributed by atoms with Crippen molar-refractivity contribution < 1.29 is 12.8 Å². The number of rotatable bonds is 5. The summed E-state index contributed by atoms with van der Waals surface area (Å²) in [5, 5.41) is 2.93. The molecule has 0 aromatic heterocycles. The molecule has 0 saturated carbocycles. The van der Waals surface area contributed by atoms with Crippen molar-refractivity contribution >= 4 is 10.0 Å². The summed E-state index contributed by atoms with van der Waals surface area (Å²) in [6.45, 7) is 5.26. The Kier molecular flexibility index (Phi) is 4.84. The molecule has 0 fully saturated rings. The van der Waals surface area contributed by atoms with E-state index in [4.69, 9.17) is 0 Å². The Morgan fingerprint density at radius 1 is 1.28 bits per heavy atom. The number of aryl methyl sites for hydroxylation is 2. The van der Waals surface area contributed by atoms with Gasteiger partial charge in [0.1, 0.15) is 5.82 Å². The third kappa shape index (κ3) is 3.51. The summed E-state index contributed by atoms with van der Waals surface area (Å²) < 4.78 is 39.9. The monoisotopic (exact) mass is 274 g/mol. The number of hydrogen-bond donors (Lipinski definition) is 2. The lowest BCUT2D eigenvalue weighted by Crippen LogP contribution is -2.37. The molecule has 102 valence electrons. The lowest BCUT2D eigenvalue weighted by molar-refractivity contribution is 0.553. The van der Waals surface area contributed by atoms with Crippen LogP contribution in [0.5, 0.6) is 0 Å². The van der Waals surface area contributed by atoms with Crippen molar-refractivity contribution in [1.29, 1.82) is 0 Å². The van der Waals surface area contributed by atoms with E-state index in [0.29, 0.717) is 11.1 Å². The topological polar surface area (TPSA) is 58.2 Å². The number of hydrogen-bond acceptors (Lipinski definition) is 3. The van der Waals surface area contributed by atoms with Gasteiger partial charge in [0.2, 0.25) is 10.0 Å². The Morgan fingerprint density at radius 2 is 1.78 bits per heavy atom. The fourth-order valence-electron chi connectivity index (χ4n) is 1.48. The molecule has 18 heavy (non-hydrogen) atoms. The van der Waals surface area contributed by atoms with Gasteiger partial charge in [-0.15, -0.1) is 0 Å². The fourth-order valence-corrected chi connectivity index (χ4v) is 2.78. The molecular weight excluding hydrogens is 255 g/mol. The molecule has 0 amide bonds. The number of sulfonamides is 1. The SMILES string of the molecule is CNC(C)CNS(=O)(=O)c1cc(C)c(F)c(C)c1. The molecule has 0 aliphatic heterocycles. The highest BCUT2D eigenvalue weighted by Crippen LogP contribution is 2.18. The van der Waals surface area contributed by atoms with Gasteiger partial charge in [0.25, 0.3) is 0 Å². The molecule has 0 bridgehead atoms. The minimum atomic E-state index is -3.58. The molecular formula is C12H19FN2O2S. The summed E-state index contributed by atoms with van der Waals surface area (Å²) >= 11 is 0. The van der Waals surface area contributed by atoms with Crippen molar-refractivity contribution in [3.63, 3.8) is 0 Å². The zero-order valence-corrected chi connectivity index (χ0v) is 11.9. The minimum Gasteiger partial charge on any atom is -0.316 e. The van der Waals surface area contributed by atoms with E-state index in [1.807, 2.05) is 6.92 Å². The minimum absolute atomic E-state index is 0.0300. The molecule has 1 aromatic rings. The Morgan fingerprint density at radius 3 is 2.22 bits per heavy atom. The van der Waals surface area contributed by atoms with Crippen LogP contribution < -0.4 is 10.0 Å². The number of likely N-dealkylation sites (N-methyl/N-ethyl adjacent to an activating group) is 1. The third-order valence-corrected chi connectivity index (χ3v) is 4.20. The quantitative estimate of drug-likeness (QED) is 0.851. The predicted octanol–water partition coefficient (Wildman–Crippen LogP) is 1.33. The Hall–Kier alpha value is -0.980. The van der Waals surface area contributed by atoms with Gasteiger partial charge in [0.05, 0.1) is 4.90 Å². The molecule has 0 aliphatic rings. The van der Waals surface area contributed by atoms with Crippen LogP contribution in [0.4, 0.5) is 4.39 Å². The summed E-state index contributed by atoms with van der Waals surface area (Å²) in [5.74, 6) is -0.363. The molecule has 1 unspecified atom stereocenters. The predicted molar refractivity (Wildman–Crippen MR) is 69.6 cm³/mol. The highest BCUT2D eigenvalue weighted by Gasteiger charge is 2.17. The van der Waals surface area contributed by atoms with E-state index in [-0.39, 0.29) is 23.3 Å². The van der Waals surface area contributed by atoms with Crippen LogP contribution in [0.3, 0.4) is 0 Å². The Bertz CT molecular complexity index is 506. The summed E-state index contributed by atoms with van der Waals surface area (Å²) in [5.41, 5.74) is 0.661. The van der Waals surface area contributed by atoms with E-state index >= 15 is 0 Å². The van der Waals surface area contributed by atoms with E-state index in [0.717, 1.165) is 0 Å².